The molecule has 2 N–H and O–H groups in total. The number of benzene rings is 1. The van der Waals surface area contributed by atoms with Crippen LogP contribution in [0, 0.1) is 5.41 Å². The van der Waals surface area contributed by atoms with Crippen LogP contribution in [-0.2, 0) is 4.79 Å². The number of amides is 1. The summed E-state index contributed by atoms with van der Waals surface area (Å²) in [7, 11) is 1.61. The Morgan fingerprint density at radius 2 is 2.19 bits per heavy atom. The molecule has 1 aromatic rings. The maximum Gasteiger partial charge on any atom is 0.257 e. The molecule has 0 heterocycles. The van der Waals surface area contributed by atoms with Crippen molar-refractivity contribution in [2.24, 2.45) is 5.41 Å². The van der Waals surface area contributed by atoms with E-state index in [1.165, 1.54) is 25.7 Å². The third-order valence-electron chi connectivity index (χ3n) is 4.33. The molecule has 1 saturated carbocycles. The summed E-state index contributed by atoms with van der Waals surface area (Å²) < 4.78 is 5.49. The van der Waals surface area contributed by atoms with E-state index < -0.39 is 0 Å². The number of nitrogens with one attached hydrogen (secondary N) is 2. The Morgan fingerprint density at radius 1 is 1.38 bits per heavy atom. The maximum atomic E-state index is 11.2. The molecule has 1 fully saturated rings. The minimum atomic E-state index is -0.123. The smallest absolute Gasteiger partial charge is 0.257 e. The highest BCUT2D eigenvalue weighted by Gasteiger charge is 2.31. The van der Waals surface area contributed by atoms with E-state index in [-0.39, 0.29) is 12.5 Å². The van der Waals surface area contributed by atoms with Gasteiger partial charge in [0.1, 0.15) is 5.75 Å². The number of likely N-dealkylation sites (N-methyl/N-ethyl adjacent to an activating group) is 1. The second-order valence-electron chi connectivity index (χ2n) is 6.42. The lowest BCUT2D eigenvalue weighted by atomic mass is 9.73. The zero-order valence-electron chi connectivity index (χ0n) is 13.2. The predicted octanol–water partition coefficient (Wildman–Crippen LogP) is 3.19. The summed E-state index contributed by atoms with van der Waals surface area (Å²) in [4.78, 5) is 11.2. The molecule has 1 aliphatic carbocycles. The Kier molecular flexibility index (Phi) is 5.10. The highest BCUT2D eigenvalue weighted by molar-refractivity contribution is 5.77. The van der Waals surface area contributed by atoms with Gasteiger partial charge in [0.05, 0.1) is 0 Å². The van der Waals surface area contributed by atoms with Crippen molar-refractivity contribution in [3.05, 3.63) is 24.3 Å². The third-order valence-corrected chi connectivity index (χ3v) is 4.33. The molecule has 21 heavy (non-hydrogen) atoms. The molecule has 1 atom stereocenters. The van der Waals surface area contributed by atoms with Crippen LogP contribution in [0.3, 0.4) is 0 Å². The first-order chi connectivity index (χ1) is 10.0. The number of rotatable bonds is 5. The molecular formula is C17H26N2O2. The van der Waals surface area contributed by atoms with Gasteiger partial charge in [0, 0.05) is 24.8 Å². The molecule has 0 saturated heterocycles. The van der Waals surface area contributed by atoms with Gasteiger partial charge in [-0.25, -0.2) is 0 Å². The molecule has 0 bridgehead atoms. The molecule has 0 spiro atoms. The Morgan fingerprint density at radius 3 is 2.90 bits per heavy atom. The first kappa shape index (κ1) is 15.7. The molecule has 4 heteroatoms. The summed E-state index contributed by atoms with van der Waals surface area (Å²) in [5, 5.41) is 6.18. The van der Waals surface area contributed by atoms with E-state index in [4.69, 9.17) is 4.74 Å². The SMILES string of the molecule is CNC(=O)COc1cccc(NC2CCCCC2(C)C)c1. The monoisotopic (exact) mass is 290 g/mol. The van der Waals surface area contributed by atoms with Crippen LogP contribution >= 0.6 is 0 Å². The molecule has 4 nitrogen and oxygen atoms in total. The second kappa shape index (κ2) is 6.83. The van der Waals surface area contributed by atoms with Crippen molar-refractivity contribution in [1.82, 2.24) is 5.32 Å². The Labute approximate surface area is 127 Å². The van der Waals surface area contributed by atoms with Crippen LogP contribution in [0.4, 0.5) is 5.69 Å². The van der Waals surface area contributed by atoms with Gasteiger partial charge < -0.3 is 15.4 Å². The average Bonchev–Trinajstić information content (AvgIpc) is 2.47. The first-order valence-corrected chi connectivity index (χ1v) is 7.71. The lowest BCUT2D eigenvalue weighted by Gasteiger charge is -2.39. The zero-order chi connectivity index (χ0) is 15.3. The van der Waals surface area contributed by atoms with Gasteiger partial charge >= 0.3 is 0 Å². The summed E-state index contributed by atoms with van der Waals surface area (Å²) in [5.74, 6) is 0.596. The van der Waals surface area contributed by atoms with Gasteiger partial charge in [-0.1, -0.05) is 32.8 Å². The normalized spacial score (nSPS) is 20.6. The van der Waals surface area contributed by atoms with Crippen LogP contribution in [-0.4, -0.2) is 25.6 Å². The fourth-order valence-corrected chi connectivity index (χ4v) is 2.86. The lowest BCUT2D eigenvalue weighted by molar-refractivity contribution is -0.122. The fraction of sp³-hybridized carbons (Fsp3) is 0.588. The Hall–Kier alpha value is -1.71. The highest BCUT2D eigenvalue weighted by atomic mass is 16.5. The van der Waals surface area contributed by atoms with Gasteiger partial charge in [0.15, 0.2) is 6.61 Å². The summed E-state index contributed by atoms with van der Waals surface area (Å²) in [6, 6.07) is 8.34. The van der Waals surface area contributed by atoms with Crippen molar-refractivity contribution in [3.8, 4) is 5.75 Å². The van der Waals surface area contributed by atoms with Crippen LogP contribution in [0.25, 0.3) is 0 Å². The third kappa shape index (κ3) is 4.38. The largest absolute Gasteiger partial charge is 0.484 e. The molecule has 1 unspecified atom stereocenters. The zero-order valence-corrected chi connectivity index (χ0v) is 13.2. The van der Waals surface area contributed by atoms with E-state index in [2.05, 4.69) is 30.5 Å². The van der Waals surface area contributed by atoms with E-state index in [1.54, 1.807) is 7.05 Å². The van der Waals surface area contributed by atoms with Crippen LogP contribution in [0.2, 0.25) is 0 Å². The van der Waals surface area contributed by atoms with Crippen LogP contribution in [0.15, 0.2) is 24.3 Å². The minimum Gasteiger partial charge on any atom is -0.484 e. The molecule has 2 rings (SSSR count). The van der Waals surface area contributed by atoms with Crippen LogP contribution in [0.5, 0.6) is 5.75 Å². The maximum absolute atomic E-state index is 11.2. The summed E-state index contributed by atoms with van der Waals surface area (Å²) in [5.41, 5.74) is 1.38. The molecule has 116 valence electrons. The minimum absolute atomic E-state index is 0.0505. The summed E-state index contributed by atoms with van der Waals surface area (Å²) in [6.07, 6.45) is 5.07. The second-order valence-corrected chi connectivity index (χ2v) is 6.42. The topological polar surface area (TPSA) is 50.4 Å². The van der Waals surface area contributed by atoms with Gasteiger partial charge in [-0.15, -0.1) is 0 Å². The molecule has 1 amide bonds. The number of hydrogen-bond donors (Lipinski definition) is 2. The molecule has 1 aromatic carbocycles. The van der Waals surface area contributed by atoms with Crippen molar-refractivity contribution in [3.63, 3.8) is 0 Å². The van der Waals surface area contributed by atoms with E-state index in [9.17, 15) is 4.79 Å². The number of anilines is 1. The van der Waals surface area contributed by atoms with Gasteiger partial charge in [-0.05, 0) is 30.4 Å². The number of hydrogen-bond acceptors (Lipinski definition) is 3. The Bertz CT molecular complexity index is 485. The van der Waals surface area contributed by atoms with Crippen molar-refractivity contribution in [2.75, 3.05) is 19.0 Å². The average molecular weight is 290 g/mol. The fourth-order valence-electron chi connectivity index (χ4n) is 2.86. The standard InChI is InChI=1S/C17H26N2O2/c1-17(2)10-5-4-9-15(17)19-13-7-6-8-14(11-13)21-12-16(20)18-3/h6-8,11,15,19H,4-5,9-10,12H2,1-3H3,(H,18,20). The van der Waals surface area contributed by atoms with E-state index in [0.717, 1.165) is 11.4 Å². The van der Waals surface area contributed by atoms with Gasteiger partial charge in [0.2, 0.25) is 0 Å². The molecular weight excluding hydrogens is 264 g/mol. The van der Waals surface area contributed by atoms with E-state index >= 15 is 0 Å². The first-order valence-electron chi connectivity index (χ1n) is 7.71. The lowest BCUT2D eigenvalue weighted by Crippen LogP contribution is -2.38. The van der Waals surface area contributed by atoms with Crippen molar-refractivity contribution < 1.29 is 9.53 Å². The summed E-state index contributed by atoms with van der Waals surface area (Å²) >= 11 is 0. The van der Waals surface area contributed by atoms with Crippen molar-refractivity contribution in [2.45, 2.75) is 45.6 Å². The molecule has 0 aromatic heterocycles. The quantitative estimate of drug-likeness (QED) is 0.875. The van der Waals surface area contributed by atoms with Crippen molar-refractivity contribution in [1.29, 1.82) is 0 Å². The van der Waals surface area contributed by atoms with Gasteiger partial charge in [-0.2, -0.15) is 0 Å². The van der Waals surface area contributed by atoms with E-state index in [1.807, 2.05) is 18.2 Å². The summed E-state index contributed by atoms with van der Waals surface area (Å²) in [6.45, 7) is 4.71. The Balaban J connectivity index is 1.98. The molecule has 0 aliphatic heterocycles. The number of carbonyl (C=O) groups excluding carboxylic acids is 1. The van der Waals surface area contributed by atoms with Crippen molar-refractivity contribution >= 4 is 11.6 Å². The number of carbonyl (C=O) groups is 1. The molecule has 0 radical (unpaired) electrons. The highest BCUT2D eigenvalue weighted by Crippen LogP contribution is 2.37. The number of ether oxygens (including phenoxy) is 1. The van der Waals surface area contributed by atoms with Gasteiger partial charge in [0.25, 0.3) is 5.91 Å². The van der Waals surface area contributed by atoms with Crippen LogP contribution < -0.4 is 15.4 Å². The molecule has 1 aliphatic rings. The predicted molar refractivity (Wildman–Crippen MR) is 85.7 cm³/mol. The van der Waals surface area contributed by atoms with E-state index in [0.29, 0.717) is 11.5 Å². The van der Waals surface area contributed by atoms with Gasteiger partial charge in [-0.3, -0.25) is 4.79 Å². The van der Waals surface area contributed by atoms with Crippen LogP contribution in [0.1, 0.15) is 39.5 Å².